The topological polar surface area (TPSA) is 68.2 Å². The third-order valence-electron chi connectivity index (χ3n) is 3.71. The number of carbonyl (C=O) groups excluding carboxylic acids is 1. The largest absolute Gasteiger partial charge is 0.484 e. The van der Waals surface area contributed by atoms with Gasteiger partial charge in [0.05, 0.1) is 18.4 Å². The first kappa shape index (κ1) is 15.6. The molecule has 0 saturated heterocycles. The summed E-state index contributed by atoms with van der Waals surface area (Å²) in [4.78, 5) is 27.4. The van der Waals surface area contributed by atoms with Gasteiger partial charge >= 0.3 is 0 Å². The van der Waals surface area contributed by atoms with Crippen LogP contribution in [-0.2, 0) is 0 Å². The number of carbonyl (C=O) groups is 1. The molecule has 25 heavy (non-hydrogen) atoms. The molecule has 1 amide bonds. The summed E-state index contributed by atoms with van der Waals surface area (Å²) < 4.78 is 19.6. The number of hydrogen-bond donors (Lipinski definition) is 0. The molecule has 1 aromatic carbocycles. The first-order valence-corrected chi connectivity index (χ1v) is 8.45. The lowest BCUT2D eigenvalue weighted by Gasteiger charge is -2.33. The van der Waals surface area contributed by atoms with Gasteiger partial charge in [-0.3, -0.25) is 4.79 Å². The van der Waals surface area contributed by atoms with Crippen LogP contribution in [0.5, 0.6) is 5.75 Å². The van der Waals surface area contributed by atoms with E-state index in [4.69, 9.17) is 4.74 Å². The molecular weight excluding hydrogens is 343 g/mol. The van der Waals surface area contributed by atoms with Crippen molar-refractivity contribution >= 4 is 22.9 Å². The zero-order chi connectivity index (χ0) is 17.4. The molecule has 0 radical (unpaired) electrons. The van der Waals surface area contributed by atoms with Crippen molar-refractivity contribution in [2.75, 3.05) is 11.4 Å². The Morgan fingerprint density at radius 2 is 2.08 bits per heavy atom. The van der Waals surface area contributed by atoms with Gasteiger partial charge in [-0.1, -0.05) is 6.07 Å². The van der Waals surface area contributed by atoms with E-state index in [9.17, 15) is 9.18 Å². The van der Waals surface area contributed by atoms with Crippen molar-refractivity contribution in [3.8, 4) is 16.6 Å². The quantitative estimate of drug-likeness (QED) is 0.705. The van der Waals surface area contributed by atoms with Crippen LogP contribution in [-0.4, -0.2) is 33.5 Å². The van der Waals surface area contributed by atoms with Gasteiger partial charge in [-0.2, -0.15) is 0 Å². The van der Waals surface area contributed by atoms with Crippen LogP contribution in [0, 0.1) is 5.82 Å². The number of para-hydroxylation sites is 1. The lowest BCUT2D eigenvalue weighted by molar-refractivity contribution is 0.0963. The fourth-order valence-electron chi connectivity index (χ4n) is 2.63. The molecule has 4 rings (SSSR count). The Morgan fingerprint density at radius 3 is 2.88 bits per heavy atom. The van der Waals surface area contributed by atoms with Gasteiger partial charge in [0.25, 0.3) is 5.91 Å². The summed E-state index contributed by atoms with van der Waals surface area (Å²) >= 11 is 1.21. The molecule has 126 valence electrons. The Hall–Kier alpha value is -2.87. The van der Waals surface area contributed by atoms with E-state index in [0.29, 0.717) is 27.9 Å². The maximum atomic E-state index is 14.0. The average Bonchev–Trinajstić information content (AvgIpc) is 3.12. The van der Waals surface area contributed by atoms with Crippen LogP contribution in [0.3, 0.4) is 0 Å². The van der Waals surface area contributed by atoms with E-state index >= 15 is 0 Å². The Morgan fingerprint density at radius 1 is 1.28 bits per heavy atom. The van der Waals surface area contributed by atoms with Crippen molar-refractivity contribution in [1.29, 1.82) is 0 Å². The second-order valence-electron chi connectivity index (χ2n) is 5.53. The van der Waals surface area contributed by atoms with Gasteiger partial charge in [-0.25, -0.2) is 19.3 Å². The lowest BCUT2D eigenvalue weighted by Crippen LogP contribution is -2.42. The number of halogens is 1. The molecule has 0 bridgehead atoms. The van der Waals surface area contributed by atoms with Gasteiger partial charge in [0.1, 0.15) is 11.0 Å². The molecule has 8 heteroatoms. The fourth-order valence-corrected chi connectivity index (χ4v) is 3.45. The van der Waals surface area contributed by atoms with E-state index in [0.717, 1.165) is 0 Å². The molecule has 0 spiro atoms. The zero-order valence-corrected chi connectivity index (χ0v) is 14.0. The van der Waals surface area contributed by atoms with Crippen LogP contribution in [0.4, 0.5) is 10.1 Å². The zero-order valence-electron chi connectivity index (χ0n) is 13.2. The third kappa shape index (κ3) is 2.85. The van der Waals surface area contributed by atoms with Crippen LogP contribution in [0.15, 0.2) is 42.9 Å². The highest BCUT2D eigenvalue weighted by Crippen LogP contribution is 2.37. The number of nitrogens with zero attached hydrogens (tertiary/aromatic N) is 4. The van der Waals surface area contributed by atoms with E-state index < -0.39 is 5.82 Å². The number of rotatable bonds is 2. The van der Waals surface area contributed by atoms with Crippen molar-refractivity contribution < 1.29 is 13.9 Å². The van der Waals surface area contributed by atoms with Gasteiger partial charge in [-0.05, 0) is 25.1 Å². The Labute approximate surface area is 146 Å². The highest BCUT2D eigenvalue weighted by Gasteiger charge is 2.31. The number of fused-ring (bicyclic) bond motifs is 1. The average molecular weight is 356 g/mol. The molecule has 2 aromatic heterocycles. The first-order valence-electron chi connectivity index (χ1n) is 7.63. The van der Waals surface area contributed by atoms with Crippen LogP contribution in [0.1, 0.15) is 16.6 Å². The number of aromatic nitrogens is 3. The van der Waals surface area contributed by atoms with Crippen LogP contribution >= 0.6 is 11.3 Å². The molecule has 0 fully saturated rings. The molecule has 3 aromatic rings. The van der Waals surface area contributed by atoms with E-state index in [1.54, 1.807) is 37.5 Å². The van der Waals surface area contributed by atoms with Crippen LogP contribution in [0.2, 0.25) is 0 Å². The van der Waals surface area contributed by atoms with Gasteiger partial charge in [0.2, 0.25) is 0 Å². The van der Waals surface area contributed by atoms with Crippen molar-refractivity contribution in [3.63, 3.8) is 0 Å². The van der Waals surface area contributed by atoms with Crippen molar-refractivity contribution in [2.45, 2.75) is 13.0 Å². The fraction of sp³-hybridized carbons (Fsp3) is 0.176. The third-order valence-corrected chi connectivity index (χ3v) is 4.70. The summed E-state index contributed by atoms with van der Waals surface area (Å²) in [6.07, 6.45) is 4.43. The van der Waals surface area contributed by atoms with Gasteiger partial charge in [0.15, 0.2) is 22.4 Å². The van der Waals surface area contributed by atoms with E-state index in [1.807, 2.05) is 0 Å². The summed E-state index contributed by atoms with van der Waals surface area (Å²) in [6, 6.07) is 6.26. The number of benzene rings is 1. The summed E-state index contributed by atoms with van der Waals surface area (Å²) in [7, 11) is 0. The molecule has 0 saturated carbocycles. The number of anilines is 1. The SMILES string of the molecule is C[C@@H]1CN(C(=O)c2cnc(-c3ncccn3)s2)c2cccc(F)c2O1. The molecule has 1 aliphatic rings. The minimum Gasteiger partial charge on any atom is -0.484 e. The van der Waals surface area contributed by atoms with Crippen LogP contribution < -0.4 is 9.64 Å². The maximum Gasteiger partial charge on any atom is 0.270 e. The number of ether oxygens (including phenoxy) is 1. The van der Waals surface area contributed by atoms with Crippen molar-refractivity contribution in [1.82, 2.24) is 15.0 Å². The number of hydrogen-bond acceptors (Lipinski definition) is 6. The molecule has 0 unspecified atom stereocenters. The van der Waals surface area contributed by atoms with Crippen molar-refractivity contribution in [2.24, 2.45) is 0 Å². The molecule has 0 N–H and O–H groups in total. The lowest BCUT2D eigenvalue weighted by atomic mass is 10.2. The molecule has 1 atom stereocenters. The van der Waals surface area contributed by atoms with Gasteiger partial charge in [-0.15, -0.1) is 11.3 Å². The van der Waals surface area contributed by atoms with Crippen LogP contribution in [0.25, 0.3) is 10.8 Å². The van der Waals surface area contributed by atoms with Gasteiger partial charge in [0, 0.05) is 12.4 Å². The predicted octanol–water partition coefficient (Wildman–Crippen LogP) is 3.17. The standard InChI is InChI=1S/C17H13FN4O2S/c1-10-9-22(12-5-2-4-11(18)14(12)24-10)17(23)13-8-21-16(25-13)15-19-6-3-7-20-15/h2-8,10H,9H2,1H3/t10-/m1/s1. The predicted molar refractivity (Wildman–Crippen MR) is 91.3 cm³/mol. The summed E-state index contributed by atoms with van der Waals surface area (Å²) in [5.41, 5.74) is 0.425. The van der Waals surface area contributed by atoms with Crippen molar-refractivity contribution in [3.05, 3.63) is 53.6 Å². The molecule has 3 heterocycles. The minimum atomic E-state index is -0.482. The minimum absolute atomic E-state index is 0.103. The highest BCUT2D eigenvalue weighted by atomic mass is 32.1. The normalized spacial score (nSPS) is 16.2. The first-order chi connectivity index (χ1) is 12.1. The number of amides is 1. The maximum absolute atomic E-state index is 14.0. The monoisotopic (exact) mass is 356 g/mol. The van der Waals surface area contributed by atoms with E-state index in [1.165, 1.54) is 28.5 Å². The van der Waals surface area contributed by atoms with E-state index in [-0.39, 0.29) is 17.8 Å². The molecule has 6 nitrogen and oxygen atoms in total. The smallest absolute Gasteiger partial charge is 0.270 e. The van der Waals surface area contributed by atoms with Gasteiger partial charge < -0.3 is 9.64 Å². The highest BCUT2D eigenvalue weighted by molar-refractivity contribution is 7.16. The molecule has 0 aliphatic carbocycles. The molecular formula is C17H13FN4O2S. The Balaban J connectivity index is 1.68. The summed E-state index contributed by atoms with van der Waals surface area (Å²) in [5.74, 6) is -0.162. The number of thiazole rings is 1. The Bertz CT molecular complexity index is 931. The second-order valence-corrected chi connectivity index (χ2v) is 6.57. The summed E-state index contributed by atoms with van der Waals surface area (Å²) in [6.45, 7) is 2.13. The van der Waals surface area contributed by atoms with E-state index in [2.05, 4.69) is 15.0 Å². The second kappa shape index (κ2) is 6.21. The molecule has 1 aliphatic heterocycles. The Kier molecular flexibility index (Phi) is 3.89. The summed E-state index contributed by atoms with van der Waals surface area (Å²) in [5, 5.41) is 0.560.